The van der Waals surface area contributed by atoms with Crippen LogP contribution in [-0.2, 0) is 23.9 Å². The molecule has 3 rings (SSSR count). The second kappa shape index (κ2) is 10.6. The number of hydrogen-bond acceptors (Lipinski definition) is 3. The van der Waals surface area contributed by atoms with Gasteiger partial charge in [-0.15, -0.1) is 0 Å². The summed E-state index contributed by atoms with van der Waals surface area (Å²) in [5, 5.41) is 9.39. The fourth-order valence-electron chi connectivity index (χ4n) is 3.78. The lowest BCUT2D eigenvalue weighted by atomic mass is 9.92. The third-order valence-corrected chi connectivity index (χ3v) is 5.47. The summed E-state index contributed by atoms with van der Waals surface area (Å²) in [7, 11) is 1.37. The number of ketones is 1. The number of hydrogen-bond donors (Lipinski definition) is 1. The standard InChI is InChI=1S/C27H21F4NO4/c1-3-24(33)21-7-5-4-6-19(21)17-9-10-20(18(13-17)14-25(34)35)26(36)32(2)15-16-8-11-22(23(28)12-16)27(29,30)31/h3-13H,1,14-15H2,2H3,(H,34,35). The highest BCUT2D eigenvalue weighted by Crippen LogP contribution is 2.32. The summed E-state index contributed by atoms with van der Waals surface area (Å²) in [4.78, 5) is 38.0. The van der Waals surface area contributed by atoms with Gasteiger partial charge in [-0.05, 0) is 52.6 Å². The van der Waals surface area contributed by atoms with Gasteiger partial charge in [0.15, 0.2) is 5.78 Å². The number of allylic oxidation sites excluding steroid dienone is 1. The highest BCUT2D eigenvalue weighted by Gasteiger charge is 2.34. The number of benzene rings is 3. The molecule has 0 aliphatic rings. The quantitative estimate of drug-likeness (QED) is 0.242. The summed E-state index contributed by atoms with van der Waals surface area (Å²) < 4.78 is 52.4. The van der Waals surface area contributed by atoms with Crippen LogP contribution in [-0.4, -0.2) is 34.7 Å². The maximum atomic E-state index is 13.9. The summed E-state index contributed by atoms with van der Waals surface area (Å²) in [5.74, 6) is -3.57. The second-order valence-electron chi connectivity index (χ2n) is 8.03. The molecule has 0 bridgehead atoms. The number of amides is 1. The Morgan fingerprint density at radius 3 is 2.31 bits per heavy atom. The summed E-state index contributed by atoms with van der Waals surface area (Å²) in [6.07, 6.45) is -4.17. The maximum Gasteiger partial charge on any atom is 0.419 e. The van der Waals surface area contributed by atoms with Crippen molar-refractivity contribution in [3.63, 3.8) is 0 Å². The number of aliphatic carboxylic acids is 1. The van der Waals surface area contributed by atoms with E-state index in [1.807, 2.05) is 0 Å². The lowest BCUT2D eigenvalue weighted by molar-refractivity contribution is -0.140. The van der Waals surface area contributed by atoms with Crippen molar-refractivity contribution in [2.24, 2.45) is 0 Å². The molecule has 0 unspecified atom stereocenters. The molecule has 5 nitrogen and oxygen atoms in total. The third kappa shape index (κ3) is 5.86. The molecule has 0 fully saturated rings. The van der Waals surface area contributed by atoms with Crippen molar-refractivity contribution in [2.45, 2.75) is 19.1 Å². The number of carbonyl (C=O) groups is 3. The van der Waals surface area contributed by atoms with E-state index in [4.69, 9.17) is 0 Å². The molecule has 3 aromatic rings. The minimum atomic E-state index is -4.84. The van der Waals surface area contributed by atoms with Crippen LogP contribution in [0.15, 0.2) is 73.3 Å². The molecule has 1 N–H and O–H groups in total. The first-order chi connectivity index (χ1) is 16.9. The van der Waals surface area contributed by atoms with E-state index in [9.17, 15) is 37.1 Å². The Labute approximate surface area is 204 Å². The number of nitrogens with zero attached hydrogens (tertiary/aromatic N) is 1. The first-order valence-electron chi connectivity index (χ1n) is 10.6. The van der Waals surface area contributed by atoms with E-state index in [0.29, 0.717) is 28.8 Å². The van der Waals surface area contributed by atoms with E-state index in [-0.39, 0.29) is 29.0 Å². The molecule has 9 heteroatoms. The molecule has 0 heterocycles. The highest BCUT2D eigenvalue weighted by molar-refractivity contribution is 6.09. The smallest absolute Gasteiger partial charge is 0.419 e. The fraction of sp³-hybridized carbons (Fsp3) is 0.148. The van der Waals surface area contributed by atoms with Crippen molar-refractivity contribution >= 4 is 17.7 Å². The lowest BCUT2D eigenvalue weighted by Crippen LogP contribution is -2.27. The molecular formula is C27H21F4NO4. The van der Waals surface area contributed by atoms with Crippen LogP contribution in [0.2, 0.25) is 0 Å². The molecule has 0 saturated carbocycles. The van der Waals surface area contributed by atoms with E-state index < -0.39 is 35.9 Å². The topological polar surface area (TPSA) is 74.7 Å². The molecule has 0 aliphatic carbocycles. The predicted octanol–water partition coefficient (Wildman–Crippen LogP) is 5.78. The first-order valence-corrected chi connectivity index (χ1v) is 10.6. The van der Waals surface area contributed by atoms with Gasteiger partial charge in [-0.1, -0.05) is 43.0 Å². The molecular weight excluding hydrogens is 478 g/mol. The van der Waals surface area contributed by atoms with Crippen LogP contribution >= 0.6 is 0 Å². The number of carboxylic acid groups (broad SMARTS) is 1. The number of carboxylic acids is 1. The Morgan fingerprint density at radius 1 is 1.00 bits per heavy atom. The van der Waals surface area contributed by atoms with Crippen LogP contribution < -0.4 is 0 Å². The minimum Gasteiger partial charge on any atom is -0.481 e. The van der Waals surface area contributed by atoms with Gasteiger partial charge in [-0.2, -0.15) is 13.2 Å². The van der Waals surface area contributed by atoms with E-state index in [1.165, 1.54) is 19.2 Å². The van der Waals surface area contributed by atoms with Crippen LogP contribution in [0.25, 0.3) is 11.1 Å². The van der Waals surface area contributed by atoms with Crippen molar-refractivity contribution in [1.29, 1.82) is 0 Å². The zero-order chi connectivity index (χ0) is 26.6. The zero-order valence-electron chi connectivity index (χ0n) is 19.1. The predicted molar refractivity (Wildman–Crippen MR) is 125 cm³/mol. The van der Waals surface area contributed by atoms with E-state index in [2.05, 4.69) is 6.58 Å². The van der Waals surface area contributed by atoms with E-state index in [0.717, 1.165) is 17.0 Å². The number of rotatable bonds is 8. The van der Waals surface area contributed by atoms with Gasteiger partial charge in [0.05, 0.1) is 12.0 Å². The van der Waals surface area contributed by atoms with Crippen molar-refractivity contribution in [3.8, 4) is 11.1 Å². The van der Waals surface area contributed by atoms with E-state index in [1.54, 1.807) is 30.3 Å². The monoisotopic (exact) mass is 499 g/mol. The first kappa shape index (κ1) is 26.3. The van der Waals surface area contributed by atoms with Gasteiger partial charge in [-0.25, -0.2) is 4.39 Å². The van der Waals surface area contributed by atoms with Gasteiger partial charge in [-0.3, -0.25) is 14.4 Å². The summed E-state index contributed by atoms with van der Waals surface area (Å²) in [5.41, 5.74) is 0.358. The number of halogens is 4. The van der Waals surface area contributed by atoms with Crippen molar-refractivity contribution in [3.05, 3.63) is 107 Å². The SMILES string of the molecule is C=CC(=O)c1ccccc1-c1ccc(C(=O)N(C)Cc2ccc(C(F)(F)F)c(F)c2)c(CC(=O)O)c1. The Balaban J connectivity index is 1.95. The molecule has 1 amide bonds. The number of carbonyl (C=O) groups excluding carboxylic acids is 2. The van der Waals surface area contributed by atoms with Crippen LogP contribution in [0, 0.1) is 5.82 Å². The van der Waals surface area contributed by atoms with Gasteiger partial charge >= 0.3 is 12.1 Å². The summed E-state index contributed by atoms with van der Waals surface area (Å²) >= 11 is 0. The lowest BCUT2D eigenvalue weighted by Gasteiger charge is -2.20. The zero-order valence-corrected chi connectivity index (χ0v) is 19.1. The van der Waals surface area contributed by atoms with Crippen molar-refractivity contribution in [1.82, 2.24) is 4.90 Å². The molecule has 0 saturated heterocycles. The molecule has 186 valence electrons. The molecule has 0 spiro atoms. The van der Waals surface area contributed by atoms with E-state index >= 15 is 0 Å². The van der Waals surface area contributed by atoms with Crippen molar-refractivity contribution in [2.75, 3.05) is 7.05 Å². The second-order valence-corrected chi connectivity index (χ2v) is 8.03. The van der Waals surface area contributed by atoms with Gasteiger partial charge in [0.1, 0.15) is 5.82 Å². The average Bonchev–Trinajstić information content (AvgIpc) is 2.82. The van der Waals surface area contributed by atoms with Gasteiger partial charge in [0, 0.05) is 24.7 Å². The fourth-order valence-corrected chi connectivity index (χ4v) is 3.78. The Morgan fingerprint density at radius 2 is 1.69 bits per heavy atom. The number of alkyl halides is 3. The highest BCUT2D eigenvalue weighted by atomic mass is 19.4. The van der Waals surface area contributed by atoms with Gasteiger partial charge in [0.2, 0.25) is 0 Å². The largest absolute Gasteiger partial charge is 0.481 e. The normalized spacial score (nSPS) is 11.1. The van der Waals surface area contributed by atoms with Crippen LogP contribution in [0.4, 0.5) is 17.6 Å². The molecule has 0 radical (unpaired) electrons. The van der Waals surface area contributed by atoms with Crippen molar-refractivity contribution < 1.29 is 37.1 Å². The molecule has 36 heavy (non-hydrogen) atoms. The van der Waals surface area contributed by atoms with Crippen LogP contribution in [0.1, 0.15) is 37.4 Å². The molecule has 0 atom stereocenters. The Bertz CT molecular complexity index is 1350. The van der Waals surface area contributed by atoms with Crippen LogP contribution in [0.5, 0.6) is 0 Å². The minimum absolute atomic E-state index is 0.0589. The molecule has 0 aliphatic heterocycles. The molecule has 3 aromatic carbocycles. The van der Waals surface area contributed by atoms with Gasteiger partial charge in [0.25, 0.3) is 5.91 Å². The Hall–Kier alpha value is -4.27. The average molecular weight is 499 g/mol. The van der Waals surface area contributed by atoms with Crippen LogP contribution in [0.3, 0.4) is 0 Å². The molecule has 0 aromatic heterocycles. The van der Waals surface area contributed by atoms with Gasteiger partial charge < -0.3 is 10.0 Å². The third-order valence-electron chi connectivity index (χ3n) is 5.47. The maximum absolute atomic E-state index is 13.9. The summed E-state index contributed by atoms with van der Waals surface area (Å²) in [6.45, 7) is 3.28. The Kier molecular flexibility index (Phi) is 7.72. The summed E-state index contributed by atoms with van der Waals surface area (Å²) in [6, 6.07) is 13.6.